The number of rotatable bonds is 5. The molecule has 110 valence electrons. The summed E-state index contributed by atoms with van der Waals surface area (Å²) in [5.41, 5.74) is 7.65. The van der Waals surface area contributed by atoms with Crippen molar-refractivity contribution in [2.24, 2.45) is 0 Å². The van der Waals surface area contributed by atoms with Crippen LogP contribution in [-0.2, 0) is 4.74 Å². The topological polar surface area (TPSA) is 64.3 Å². The molecule has 0 aromatic heterocycles. The fourth-order valence-corrected chi connectivity index (χ4v) is 3.79. The van der Waals surface area contributed by atoms with Crippen LogP contribution in [0.4, 0.5) is 11.4 Å². The summed E-state index contributed by atoms with van der Waals surface area (Å²) in [6.07, 6.45) is 3.52. The number of carbonyl (C=O) groups excluding carboxylic acids is 1. The van der Waals surface area contributed by atoms with Crippen LogP contribution in [0.5, 0.6) is 0 Å². The molecule has 1 aliphatic carbocycles. The van der Waals surface area contributed by atoms with Gasteiger partial charge < -0.3 is 15.8 Å². The number of hydrogen-bond donors (Lipinski definition) is 2. The first-order valence-corrected chi connectivity index (χ1v) is 8.05. The lowest BCUT2D eigenvalue weighted by molar-refractivity contribution is 0.0602. The average Bonchev–Trinajstić information content (AvgIpc) is 2.88. The number of esters is 1. The van der Waals surface area contributed by atoms with Crippen LogP contribution >= 0.6 is 11.8 Å². The van der Waals surface area contributed by atoms with Crippen molar-refractivity contribution in [2.45, 2.75) is 37.5 Å². The molecule has 1 aliphatic rings. The SMILES string of the molecule is CCSC1CCC(Nc2ccc(N)cc2C(=O)OC)C1. The minimum atomic E-state index is -0.350. The van der Waals surface area contributed by atoms with Crippen molar-refractivity contribution in [3.8, 4) is 0 Å². The average molecular weight is 294 g/mol. The maximum absolute atomic E-state index is 11.8. The van der Waals surface area contributed by atoms with Crippen LogP contribution in [0.15, 0.2) is 18.2 Å². The van der Waals surface area contributed by atoms with Crippen molar-refractivity contribution in [3.63, 3.8) is 0 Å². The number of nitrogens with one attached hydrogen (secondary N) is 1. The van der Waals surface area contributed by atoms with Gasteiger partial charge in [-0.1, -0.05) is 6.92 Å². The zero-order valence-electron chi connectivity index (χ0n) is 12.0. The number of thioether (sulfide) groups is 1. The van der Waals surface area contributed by atoms with E-state index in [1.165, 1.54) is 13.5 Å². The van der Waals surface area contributed by atoms with Crippen LogP contribution in [0.3, 0.4) is 0 Å². The van der Waals surface area contributed by atoms with Gasteiger partial charge in [0.1, 0.15) is 0 Å². The molecular formula is C15H22N2O2S. The lowest BCUT2D eigenvalue weighted by Crippen LogP contribution is -2.18. The standard InChI is InChI=1S/C15H22N2O2S/c1-3-20-12-6-5-11(9-12)17-14-7-4-10(16)8-13(14)15(18)19-2/h4,7-8,11-12,17H,3,5-6,9,16H2,1-2H3. The van der Waals surface area contributed by atoms with Gasteiger partial charge in [-0.25, -0.2) is 4.79 Å². The third-order valence-corrected chi connectivity index (χ3v) is 4.83. The Kier molecular flexibility index (Phi) is 5.17. The van der Waals surface area contributed by atoms with Gasteiger partial charge >= 0.3 is 5.97 Å². The van der Waals surface area contributed by atoms with Crippen LogP contribution < -0.4 is 11.1 Å². The van der Waals surface area contributed by atoms with E-state index in [0.29, 0.717) is 17.3 Å². The molecule has 2 unspecified atom stereocenters. The Balaban J connectivity index is 2.08. The van der Waals surface area contributed by atoms with Crippen LogP contribution in [0.1, 0.15) is 36.5 Å². The van der Waals surface area contributed by atoms with Crippen LogP contribution in [0, 0.1) is 0 Å². The highest BCUT2D eigenvalue weighted by Gasteiger charge is 2.25. The predicted octanol–water partition coefficient (Wildman–Crippen LogP) is 3.14. The lowest BCUT2D eigenvalue weighted by atomic mass is 10.1. The molecule has 0 radical (unpaired) electrons. The van der Waals surface area contributed by atoms with Gasteiger partial charge in [-0.2, -0.15) is 11.8 Å². The van der Waals surface area contributed by atoms with Gasteiger partial charge in [0.2, 0.25) is 0 Å². The molecule has 0 spiro atoms. The van der Waals surface area contributed by atoms with Crippen molar-refractivity contribution in [2.75, 3.05) is 23.9 Å². The molecule has 20 heavy (non-hydrogen) atoms. The van der Waals surface area contributed by atoms with Crippen molar-refractivity contribution < 1.29 is 9.53 Å². The Morgan fingerprint density at radius 2 is 2.30 bits per heavy atom. The van der Waals surface area contributed by atoms with Crippen molar-refractivity contribution in [1.82, 2.24) is 0 Å². The zero-order valence-corrected chi connectivity index (χ0v) is 12.8. The molecule has 2 rings (SSSR count). The molecule has 0 saturated heterocycles. The van der Waals surface area contributed by atoms with Gasteiger partial charge in [0.05, 0.1) is 12.7 Å². The second-order valence-corrected chi connectivity index (χ2v) is 6.61. The molecule has 0 amide bonds. The number of anilines is 2. The first-order valence-electron chi connectivity index (χ1n) is 7.00. The highest BCUT2D eigenvalue weighted by molar-refractivity contribution is 7.99. The van der Waals surface area contributed by atoms with Gasteiger partial charge in [0, 0.05) is 22.7 Å². The monoisotopic (exact) mass is 294 g/mol. The summed E-state index contributed by atoms with van der Waals surface area (Å²) >= 11 is 2.02. The minimum absolute atomic E-state index is 0.350. The molecule has 2 atom stereocenters. The Morgan fingerprint density at radius 1 is 1.50 bits per heavy atom. The Labute approximate surface area is 124 Å². The highest BCUT2D eigenvalue weighted by Crippen LogP contribution is 2.32. The smallest absolute Gasteiger partial charge is 0.340 e. The normalized spacial score (nSPS) is 21.7. The van der Waals surface area contributed by atoms with Crippen LogP contribution in [0.25, 0.3) is 0 Å². The van der Waals surface area contributed by atoms with Crippen molar-refractivity contribution >= 4 is 29.1 Å². The van der Waals surface area contributed by atoms with Gasteiger partial charge in [-0.3, -0.25) is 0 Å². The maximum atomic E-state index is 11.8. The zero-order chi connectivity index (χ0) is 14.5. The number of carbonyl (C=O) groups is 1. The maximum Gasteiger partial charge on any atom is 0.340 e. The fraction of sp³-hybridized carbons (Fsp3) is 0.533. The summed E-state index contributed by atoms with van der Waals surface area (Å²) in [4.78, 5) is 11.8. The Hall–Kier alpha value is -1.36. The van der Waals surface area contributed by atoms with E-state index in [2.05, 4.69) is 12.2 Å². The molecule has 4 nitrogen and oxygen atoms in total. The van der Waals surface area contributed by atoms with E-state index >= 15 is 0 Å². The molecule has 0 aliphatic heterocycles. The van der Waals surface area contributed by atoms with E-state index in [1.54, 1.807) is 6.07 Å². The molecule has 1 fully saturated rings. The first kappa shape index (κ1) is 15.0. The Morgan fingerprint density at radius 3 is 3.00 bits per heavy atom. The molecule has 0 bridgehead atoms. The lowest BCUT2D eigenvalue weighted by Gasteiger charge is -2.17. The molecule has 1 aromatic carbocycles. The molecule has 1 aromatic rings. The number of nitrogen functional groups attached to an aromatic ring is 1. The summed E-state index contributed by atoms with van der Waals surface area (Å²) in [7, 11) is 1.39. The van der Waals surface area contributed by atoms with Gasteiger partial charge in [0.15, 0.2) is 0 Å². The molecule has 1 saturated carbocycles. The predicted molar refractivity (Wildman–Crippen MR) is 85.4 cm³/mol. The van der Waals surface area contributed by atoms with Crippen LogP contribution in [-0.4, -0.2) is 30.1 Å². The molecular weight excluding hydrogens is 272 g/mol. The number of hydrogen-bond acceptors (Lipinski definition) is 5. The van der Waals surface area contributed by atoms with Gasteiger partial charge in [-0.15, -0.1) is 0 Å². The number of methoxy groups -OCH3 is 1. The highest BCUT2D eigenvalue weighted by atomic mass is 32.2. The Bertz CT molecular complexity index is 479. The summed E-state index contributed by atoms with van der Waals surface area (Å²) in [5.74, 6) is 0.810. The van der Waals surface area contributed by atoms with Crippen LogP contribution in [0.2, 0.25) is 0 Å². The largest absolute Gasteiger partial charge is 0.465 e. The number of ether oxygens (including phenoxy) is 1. The molecule has 3 N–H and O–H groups in total. The van der Waals surface area contributed by atoms with E-state index in [4.69, 9.17) is 10.5 Å². The summed E-state index contributed by atoms with van der Waals surface area (Å²) in [6, 6.07) is 5.76. The number of nitrogens with two attached hydrogens (primary N) is 1. The quantitative estimate of drug-likeness (QED) is 0.645. The molecule has 0 heterocycles. The van der Waals surface area contributed by atoms with E-state index < -0.39 is 0 Å². The summed E-state index contributed by atoms with van der Waals surface area (Å²) in [5, 5.41) is 4.20. The second kappa shape index (κ2) is 6.88. The van der Waals surface area contributed by atoms with E-state index in [0.717, 1.165) is 29.5 Å². The van der Waals surface area contributed by atoms with Gasteiger partial charge in [-0.05, 0) is 43.2 Å². The third kappa shape index (κ3) is 3.60. The van der Waals surface area contributed by atoms with E-state index in [1.807, 2.05) is 23.9 Å². The van der Waals surface area contributed by atoms with Crippen molar-refractivity contribution in [1.29, 1.82) is 0 Å². The van der Waals surface area contributed by atoms with Gasteiger partial charge in [0.25, 0.3) is 0 Å². The van der Waals surface area contributed by atoms with Crippen molar-refractivity contribution in [3.05, 3.63) is 23.8 Å². The summed E-state index contributed by atoms with van der Waals surface area (Å²) in [6.45, 7) is 2.20. The number of benzene rings is 1. The fourth-order valence-electron chi connectivity index (χ4n) is 2.64. The van der Waals surface area contributed by atoms with E-state index in [9.17, 15) is 4.79 Å². The minimum Gasteiger partial charge on any atom is -0.465 e. The third-order valence-electron chi connectivity index (χ3n) is 3.60. The van der Waals surface area contributed by atoms with E-state index in [-0.39, 0.29) is 5.97 Å². The first-order chi connectivity index (χ1) is 9.63. The summed E-state index contributed by atoms with van der Waals surface area (Å²) < 4.78 is 4.82. The molecule has 5 heteroatoms. The second-order valence-electron chi connectivity index (χ2n) is 5.03.